The van der Waals surface area contributed by atoms with E-state index in [0.29, 0.717) is 16.4 Å². The van der Waals surface area contributed by atoms with Crippen molar-refractivity contribution in [2.75, 3.05) is 16.4 Å². The highest BCUT2D eigenvalue weighted by Gasteiger charge is 2.11. The first-order chi connectivity index (χ1) is 13.9. The Bertz CT molecular complexity index is 1050. The van der Waals surface area contributed by atoms with E-state index in [4.69, 9.17) is 0 Å². The Labute approximate surface area is 173 Å². The van der Waals surface area contributed by atoms with Gasteiger partial charge in [-0.1, -0.05) is 17.4 Å². The Hall–Kier alpha value is -3.31. The fraction of sp³-hybridized carbons (Fsp3) is 0.111. The van der Waals surface area contributed by atoms with E-state index in [0.717, 1.165) is 9.90 Å². The van der Waals surface area contributed by atoms with Crippen LogP contribution in [-0.4, -0.2) is 32.7 Å². The lowest BCUT2D eigenvalue weighted by molar-refractivity contribution is -0.384. The normalized spacial score (nSPS) is 10.4. The van der Waals surface area contributed by atoms with Crippen molar-refractivity contribution in [3.8, 4) is 0 Å². The number of aromatic nitrogens is 2. The van der Waals surface area contributed by atoms with Gasteiger partial charge in [0.2, 0.25) is 11.0 Å². The predicted octanol–water partition coefficient (Wildman–Crippen LogP) is 3.74. The van der Waals surface area contributed by atoms with Gasteiger partial charge in [-0.3, -0.25) is 25.0 Å². The first-order valence-electron chi connectivity index (χ1n) is 8.29. The number of rotatable bonds is 7. The molecule has 0 spiro atoms. The van der Waals surface area contributed by atoms with Crippen molar-refractivity contribution >= 4 is 51.4 Å². The number of thioether (sulfide) groups is 1. The molecule has 0 aliphatic heterocycles. The van der Waals surface area contributed by atoms with Gasteiger partial charge in [0.1, 0.15) is 5.01 Å². The number of hydrogen-bond acceptors (Lipinski definition) is 8. The summed E-state index contributed by atoms with van der Waals surface area (Å²) in [6.45, 7) is 1.80. The summed E-state index contributed by atoms with van der Waals surface area (Å²) in [6, 6.07) is 12.4. The van der Waals surface area contributed by atoms with Crippen molar-refractivity contribution in [1.29, 1.82) is 0 Å². The Morgan fingerprint density at radius 2 is 1.90 bits per heavy atom. The molecule has 0 saturated carbocycles. The third-order valence-corrected chi connectivity index (χ3v) is 5.32. The van der Waals surface area contributed by atoms with Crippen LogP contribution in [0.25, 0.3) is 0 Å². The average Bonchev–Trinajstić information content (AvgIpc) is 3.11. The summed E-state index contributed by atoms with van der Waals surface area (Å²) in [5, 5.41) is 25.0. The molecular formula is C18H15N5O4S2. The molecule has 0 aliphatic carbocycles. The molecule has 148 valence electrons. The number of nitro benzene ring substituents is 1. The monoisotopic (exact) mass is 429 g/mol. The molecule has 1 aromatic heterocycles. The standard InChI is InChI=1S/C18H15N5O4S2/c1-11-21-22-18(29-11)20-16(24)10-28-15-4-2-3-13(9-15)19-17(25)12-5-7-14(8-6-12)23(26)27/h2-9H,10H2,1H3,(H,19,25)(H,20,22,24). The summed E-state index contributed by atoms with van der Waals surface area (Å²) in [5.41, 5.74) is 0.779. The first-order valence-corrected chi connectivity index (χ1v) is 10.1. The maximum absolute atomic E-state index is 12.3. The Morgan fingerprint density at radius 1 is 1.14 bits per heavy atom. The van der Waals surface area contributed by atoms with Gasteiger partial charge in [-0.25, -0.2) is 0 Å². The molecule has 0 bridgehead atoms. The number of nitrogens with one attached hydrogen (secondary N) is 2. The largest absolute Gasteiger partial charge is 0.322 e. The summed E-state index contributed by atoms with van der Waals surface area (Å²) in [7, 11) is 0. The van der Waals surface area contributed by atoms with Crippen molar-refractivity contribution in [2.45, 2.75) is 11.8 Å². The zero-order valence-electron chi connectivity index (χ0n) is 15.1. The molecule has 0 aliphatic rings. The molecule has 0 radical (unpaired) electrons. The zero-order valence-corrected chi connectivity index (χ0v) is 16.8. The molecule has 3 rings (SSSR count). The van der Waals surface area contributed by atoms with Gasteiger partial charge in [0.25, 0.3) is 11.6 Å². The van der Waals surface area contributed by atoms with Crippen molar-refractivity contribution < 1.29 is 14.5 Å². The molecule has 11 heteroatoms. The third kappa shape index (κ3) is 5.83. The van der Waals surface area contributed by atoms with Crippen LogP contribution in [0.1, 0.15) is 15.4 Å². The fourth-order valence-electron chi connectivity index (χ4n) is 2.25. The van der Waals surface area contributed by atoms with Gasteiger partial charge in [0.15, 0.2) is 0 Å². The number of anilines is 2. The molecule has 2 aromatic carbocycles. The number of aryl methyl sites for hydroxylation is 1. The molecule has 0 saturated heterocycles. The lowest BCUT2D eigenvalue weighted by atomic mass is 10.2. The van der Waals surface area contributed by atoms with Crippen LogP contribution in [0.15, 0.2) is 53.4 Å². The second-order valence-electron chi connectivity index (χ2n) is 5.75. The molecule has 1 heterocycles. The number of nitro groups is 1. The molecule has 3 aromatic rings. The average molecular weight is 429 g/mol. The summed E-state index contributed by atoms with van der Waals surface area (Å²) < 4.78 is 0. The quantitative estimate of drug-likeness (QED) is 0.333. The minimum Gasteiger partial charge on any atom is -0.322 e. The predicted molar refractivity (Wildman–Crippen MR) is 111 cm³/mol. The van der Waals surface area contributed by atoms with Gasteiger partial charge in [0, 0.05) is 28.3 Å². The molecule has 0 fully saturated rings. The van der Waals surface area contributed by atoms with Gasteiger partial charge in [0.05, 0.1) is 10.7 Å². The van der Waals surface area contributed by atoms with E-state index in [-0.39, 0.29) is 23.3 Å². The van der Waals surface area contributed by atoms with E-state index < -0.39 is 4.92 Å². The number of amides is 2. The maximum atomic E-state index is 12.3. The first kappa shape index (κ1) is 20.4. The smallest absolute Gasteiger partial charge is 0.269 e. The maximum Gasteiger partial charge on any atom is 0.269 e. The van der Waals surface area contributed by atoms with E-state index >= 15 is 0 Å². The van der Waals surface area contributed by atoms with Gasteiger partial charge in [-0.05, 0) is 37.3 Å². The van der Waals surface area contributed by atoms with Gasteiger partial charge in [-0.15, -0.1) is 22.0 Å². The molecular weight excluding hydrogens is 414 g/mol. The van der Waals surface area contributed by atoms with Crippen LogP contribution in [0.3, 0.4) is 0 Å². The lowest BCUT2D eigenvalue weighted by Gasteiger charge is -2.07. The zero-order chi connectivity index (χ0) is 20.8. The number of nitrogens with zero attached hydrogens (tertiary/aromatic N) is 3. The summed E-state index contributed by atoms with van der Waals surface area (Å²) in [4.78, 5) is 35.3. The molecule has 0 unspecified atom stereocenters. The molecule has 2 N–H and O–H groups in total. The summed E-state index contributed by atoms with van der Waals surface area (Å²) >= 11 is 2.61. The highest BCUT2D eigenvalue weighted by atomic mass is 32.2. The third-order valence-electron chi connectivity index (χ3n) is 3.57. The van der Waals surface area contributed by atoms with Gasteiger partial charge >= 0.3 is 0 Å². The Kier molecular flexibility index (Phi) is 6.52. The number of hydrogen-bond donors (Lipinski definition) is 2. The number of benzene rings is 2. The number of non-ortho nitro benzene ring substituents is 1. The molecule has 29 heavy (non-hydrogen) atoms. The van der Waals surface area contributed by atoms with Crippen LogP contribution in [0, 0.1) is 17.0 Å². The second kappa shape index (κ2) is 9.26. The van der Waals surface area contributed by atoms with Crippen LogP contribution in [0.4, 0.5) is 16.5 Å². The summed E-state index contributed by atoms with van der Waals surface area (Å²) in [5.74, 6) is -0.406. The van der Waals surface area contributed by atoms with E-state index in [2.05, 4.69) is 20.8 Å². The van der Waals surface area contributed by atoms with Gasteiger partial charge in [-0.2, -0.15) is 0 Å². The van der Waals surface area contributed by atoms with Crippen LogP contribution >= 0.6 is 23.1 Å². The minimum absolute atomic E-state index is 0.0816. The highest BCUT2D eigenvalue weighted by Crippen LogP contribution is 2.23. The number of carbonyl (C=O) groups is 2. The van der Waals surface area contributed by atoms with Crippen LogP contribution in [0.2, 0.25) is 0 Å². The topological polar surface area (TPSA) is 127 Å². The SMILES string of the molecule is Cc1nnc(NC(=O)CSc2cccc(NC(=O)c3ccc([N+](=O)[O-])cc3)c2)s1. The lowest BCUT2D eigenvalue weighted by Crippen LogP contribution is -2.14. The van der Waals surface area contributed by atoms with E-state index in [1.54, 1.807) is 25.1 Å². The van der Waals surface area contributed by atoms with E-state index in [9.17, 15) is 19.7 Å². The molecule has 9 nitrogen and oxygen atoms in total. The Balaban J connectivity index is 1.56. The second-order valence-corrected chi connectivity index (χ2v) is 7.98. The minimum atomic E-state index is -0.523. The van der Waals surface area contributed by atoms with Crippen LogP contribution < -0.4 is 10.6 Å². The summed E-state index contributed by atoms with van der Waals surface area (Å²) in [6.07, 6.45) is 0. The Morgan fingerprint density at radius 3 is 2.55 bits per heavy atom. The van der Waals surface area contributed by atoms with Crippen molar-refractivity contribution in [3.05, 3.63) is 69.2 Å². The van der Waals surface area contributed by atoms with Crippen molar-refractivity contribution in [3.63, 3.8) is 0 Å². The van der Waals surface area contributed by atoms with Gasteiger partial charge < -0.3 is 5.32 Å². The van der Waals surface area contributed by atoms with Crippen LogP contribution in [0.5, 0.6) is 0 Å². The van der Waals surface area contributed by atoms with E-state index in [1.165, 1.54) is 47.4 Å². The molecule has 2 amide bonds. The fourth-order valence-corrected chi connectivity index (χ4v) is 3.62. The van der Waals surface area contributed by atoms with Crippen LogP contribution in [-0.2, 0) is 4.79 Å². The number of carbonyl (C=O) groups excluding carboxylic acids is 2. The molecule has 0 atom stereocenters. The van der Waals surface area contributed by atoms with E-state index in [1.807, 2.05) is 6.07 Å². The van der Waals surface area contributed by atoms with Crippen molar-refractivity contribution in [1.82, 2.24) is 10.2 Å². The van der Waals surface area contributed by atoms with Crippen molar-refractivity contribution in [2.24, 2.45) is 0 Å². The highest BCUT2D eigenvalue weighted by molar-refractivity contribution is 8.00.